The number of hydrogen-bond acceptors (Lipinski definition) is 4. The SMILES string of the molecule is CCN1CCCC1CNC(=NC)NCCNS(=O)(=O)CC. The van der Waals surface area contributed by atoms with Gasteiger partial charge in [-0.2, -0.15) is 0 Å². The topological polar surface area (TPSA) is 85.8 Å². The van der Waals surface area contributed by atoms with Crippen molar-refractivity contribution in [2.24, 2.45) is 4.99 Å². The lowest BCUT2D eigenvalue weighted by Gasteiger charge is -2.24. The first kappa shape index (κ1) is 18.2. The molecule has 0 aromatic heterocycles. The standard InChI is InChI=1S/C13H29N5O2S/c1-4-18-10-6-7-12(18)11-16-13(14-3)15-8-9-17-21(19,20)5-2/h12,17H,4-11H2,1-3H3,(H2,14,15,16). The maximum absolute atomic E-state index is 11.3. The Bertz CT molecular complexity index is 424. The van der Waals surface area contributed by atoms with Crippen molar-refractivity contribution in [3.05, 3.63) is 0 Å². The molecule has 0 saturated carbocycles. The molecule has 0 spiro atoms. The Morgan fingerprint density at radius 2 is 2.05 bits per heavy atom. The van der Waals surface area contributed by atoms with E-state index in [2.05, 4.69) is 32.2 Å². The van der Waals surface area contributed by atoms with Crippen LogP contribution in [0.25, 0.3) is 0 Å². The Balaban J connectivity index is 2.23. The molecule has 1 heterocycles. The van der Waals surface area contributed by atoms with E-state index < -0.39 is 10.0 Å². The molecule has 21 heavy (non-hydrogen) atoms. The molecule has 0 aliphatic carbocycles. The van der Waals surface area contributed by atoms with E-state index in [4.69, 9.17) is 0 Å². The van der Waals surface area contributed by atoms with E-state index in [9.17, 15) is 8.42 Å². The van der Waals surface area contributed by atoms with Crippen molar-refractivity contribution in [3.8, 4) is 0 Å². The molecule has 1 atom stereocenters. The molecule has 8 heteroatoms. The zero-order chi connectivity index (χ0) is 15.7. The van der Waals surface area contributed by atoms with Crippen LogP contribution in [0.3, 0.4) is 0 Å². The van der Waals surface area contributed by atoms with Crippen molar-refractivity contribution in [2.45, 2.75) is 32.7 Å². The smallest absolute Gasteiger partial charge is 0.211 e. The number of nitrogens with zero attached hydrogens (tertiary/aromatic N) is 2. The number of guanidine groups is 1. The van der Waals surface area contributed by atoms with Crippen LogP contribution in [-0.2, 0) is 10.0 Å². The Kier molecular flexibility index (Phi) is 7.98. The summed E-state index contributed by atoms with van der Waals surface area (Å²) in [6.07, 6.45) is 2.47. The number of sulfonamides is 1. The first-order chi connectivity index (χ1) is 10.0. The van der Waals surface area contributed by atoms with Crippen molar-refractivity contribution in [1.82, 2.24) is 20.3 Å². The van der Waals surface area contributed by atoms with Gasteiger partial charge in [-0.05, 0) is 32.9 Å². The lowest BCUT2D eigenvalue weighted by molar-refractivity contribution is 0.267. The molecular weight excluding hydrogens is 290 g/mol. The Labute approximate surface area is 128 Å². The second kappa shape index (κ2) is 9.22. The molecule has 0 aromatic carbocycles. The van der Waals surface area contributed by atoms with E-state index in [0.29, 0.717) is 25.1 Å². The van der Waals surface area contributed by atoms with Crippen LogP contribution < -0.4 is 15.4 Å². The van der Waals surface area contributed by atoms with Gasteiger partial charge in [0.1, 0.15) is 0 Å². The molecule has 3 N–H and O–H groups in total. The third-order valence-corrected chi connectivity index (χ3v) is 5.16. The highest BCUT2D eigenvalue weighted by Gasteiger charge is 2.22. The van der Waals surface area contributed by atoms with Crippen molar-refractivity contribution in [3.63, 3.8) is 0 Å². The molecule has 1 saturated heterocycles. The second-order valence-corrected chi connectivity index (χ2v) is 7.20. The largest absolute Gasteiger partial charge is 0.355 e. The molecule has 1 aliphatic heterocycles. The van der Waals surface area contributed by atoms with Crippen molar-refractivity contribution in [2.75, 3.05) is 45.5 Å². The van der Waals surface area contributed by atoms with Gasteiger partial charge in [-0.15, -0.1) is 0 Å². The molecule has 1 unspecified atom stereocenters. The maximum Gasteiger partial charge on any atom is 0.211 e. The lowest BCUT2D eigenvalue weighted by Crippen LogP contribution is -2.46. The Hall–Kier alpha value is -0.860. The summed E-state index contributed by atoms with van der Waals surface area (Å²) in [5, 5.41) is 6.42. The van der Waals surface area contributed by atoms with Crippen LogP contribution in [0.2, 0.25) is 0 Å². The van der Waals surface area contributed by atoms with E-state index in [1.54, 1.807) is 14.0 Å². The van der Waals surface area contributed by atoms with Gasteiger partial charge in [-0.25, -0.2) is 13.1 Å². The summed E-state index contributed by atoms with van der Waals surface area (Å²) in [5.41, 5.74) is 0. The molecule has 1 rings (SSSR count). The van der Waals surface area contributed by atoms with Gasteiger partial charge in [0, 0.05) is 32.7 Å². The van der Waals surface area contributed by atoms with Crippen molar-refractivity contribution < 1.29 is 8.42 Å². The normalized spacial score (nSPS) is 20.7. The molecule has 0 radical (unpaired) electrons. The maximum atomic E-state index is 11.3. The average Bonchev–Trinajstić information content (AvgIpc) is 2.94. The van der Waals surface area contributed by atoms with Gasteiger partial charge in [-0.3, -0.25) is 9.89 Å². The number of aliphatic imine (C=N–C) groups is 1. The molecule has 124 valence electrons. The Morgan fingerprint density at radius 3 is 2.67 bits per heavy atom. The Morgan fingerprint density at radius 1 is 1.29 bits per heavy atom. The number of likely N-dealkylation sites (N-methyl/N-ethyl adjacent to an activating group) is 1. The van der Waals surface area contributed by atoms with Crippen molar-refractivity contribution in [1.29, 1.82) is 0 Å². The van der Waals surface area contributed by atoms with Crippen LogP contribution in [0.15, 0.2) is 4.99 Å². The van der Waals surface area contributed by atoms with Gasteiger partial charge in [0.2, 0.25) is 10.0 Å². The van der Waals surface area contributed by atoms with Gasteiger partial charge >= 0.3 is 0 Å². The summed E-state index contributed by atoms with van der Waals surface area (Å²) < 4.78 is 25.1. The van der Waals surface area contributed by atoms with Crippen LogP contribution >= 0.6 is 0 Å². The van der Waals surface area contributed by atoms with Crippen LogP contribution in [0, 0.1) is 0 Å². The van der Waals surface area contributed by atoms with Gasteiger partial charge in [0.25, 0.3) is 0 Å². The number of nitrogens with one attached hydrogen (secondary N) is 3. The molecule has 0 aromatic rings. The minimum atomic E-state index is -3.12. The average molecular weight is 319 g/mol. The third kappa shape index (κ3) is 6.62. The van der Waals surface area contributed by atoms with E-state index in [1.165, 1.54) is 19.4 Å². The second-order valence-electron chi connectivity index (χ2n) is 5.10. The van der Waals surface area contributed by atoms with E-state index in [1.807, 2.05) is 0 Å². The zero-order valence-electron chi connectivity index (χ0n) is 13.4. The summed E-state index contributed by atoms with van der Waals surface area (Å²) in [7, 11) is -1.40. The predicted octanol–water partition coefficient (Wildman–Crippen LogP) is -0.425. The van der Waals surface area contributed by atoms with Gasteiger partial charge in [0.05, 0.1) is 5.75 Å². The van der Waals surface area contributed by atoms with E-state index in [0.717, 1.165) is 13.1 Å². The van der Waals surface area contributed by atoms with Gasteiger partial charge in [-0.1, -0.05) is 6.92 Å². The van der Waals surface area contributed by atoms with Crippen molar-refractivity contribution >= 4 is 16.0 Å². The number of rotatable bonds is 8. The molecule has 7 nitrogen and oxygen atoms in total. The first-order valence-electron chi connectivity index (χ1n) is 7.68. The molecule has 1 aliphatic rings. The molecular formula is C13H29N5O2S. The molecule has 1 fully saturated rings. The first-order valence-corrected chi connectivity index (χ1v) is 9.33. The van der Waals surface area contributed by atoms with Crippen LogP contribution in [0.1, 0.15) is 26.7 Å². The lowest BCUT2D eigenvalue weighted by atomic mass is 10.2. The number of hydrogen-bond donors (Lipinski definition) is 3. The fraction of sp³-hybridized carbons (Fsp3) is 0.923. The summed E-state index contributed by atoms with van der Waals surface area (Å²) in [4.78, 5) is 6.62. The van der Waals surface area contributed by atoms with Crippen LogP contribution in [0.5, 0.6) is 0 Å². The van der Waals surface area contributed by atoms with E-state index >= 15 is 0 Å². The van der Waals surface area contributed by atoms with Crippen LogP contribution in [0.4, 0.5) is 0 Å². The summed E-state index contributed by atoms with van der Waals surface area (Å²) in [5.74, 6) is 0.822. The quantitative estimate of drug-likeness (QED) is 0.321. The predicted molar refractivity (Wildman–Crippen MR) is 87.1 cm³/mol. The highest BCUT2D eigenvalue weighted by Crippen LogP contribution is 2.15. The minimum Gasteiger partial charge on any atom is -0.355 e. The monoisotopic (exact) mass is 319 g/mol. The highest BCUT2D eigenvalue weighted by molar-refractivity contribution is 7.89. The zero-order valence-corrected chi connectivity index (χ0v) is 14.2. The molecule has 0 amide bonds. The van der Waals surface area contributed by atoms with Crippen LogP contribution in [-0.4, -0.2) is 70.8 Å². The summed E-state index contributed by atoms with van der Waals surface area (Å²) in [6, 6.07) is 0.562. The van der Waals surface area contributed by atoms with Gasteiger partial charge < -0.3 is 10.6 Å². The highest BCUT2D eigenvalue weighted by atomic mass is 32.2. The summed E-state index contributed by atoms with van der Waals surface area (Å²) >= 11 is 0. The minimum absolute atomic E-state index is 0.106. The van der Waals surface area contributed by atoms with Gasteiger partial charge in [0.15, 0.2) is 5.96 Å². The van der Waals surface area contributed by atoms with E-state index in [-0.39, 0.29) is 5.75 Å². The number of likely N-dealkylation sites (tertiary alicyclic amines) is 1. The molecule has 0 bridgehead atoms. The summed E-state index contributed by atoms with van der Waals surface area (Å²) in [6.45, 7) is 7.81. The third-order valence-electron chi connectivity index (χ3n) is 3.75. The fourth-order valence-electron chi connectivity index (χ4n) is 2.47. The fourth-order valence-corrected chi connectivity index (χ4v) is 3.08.